The van der Waals surface area contributed by atoms with Crippen LogP contribution in [0.3, 0.4) is 0 Å². The third kappa shape index (κ3) is 6.26. The van der Waals surface area contributed by atoms with Gasteiger partial charge in [-0.2, -0.15) is 0 Å². The van der Waals surface area contributed by atoms with Gasteiger partial charge >= 0.3 is 0 Å². The molecule has 2 aromatic rings. The van der Waals surface area contributed by atoms with Crippen LogP contribution in [0.15, 0.2) is 48.5 Å². The summed E-state index contributed by atoms with van der Waals surface area (Å²) in [5.41, 5.74) is 4.52. The molecule has 0 fully saturated rings. The third-order valence-electron chi connectivity index (χ3n) is 3.71. The molecule has 0 aromatic heterocycles. The molecule has 2 atom stereocenters. The van der Waals surface area contributed by atoms with Crippen LogP contribution in [0.25, 0.3) is 0 Å². The normalized spacial score (nSPS) is 11.9. The van der Waals surface area contributed by atoms with E-state index in [0.717, 1.165) is 16.7 Å². The number of carbonyl (C=O) groups is 2. The summed E-state index contributed by atoms with van der Waals surface area (Å²) < 4.78 is 0. The van der Waals surface area contributed by atoms with Crippen LogP contribution in [0.5, 0.6) is 0 Å². The molecule has 27 heavy (non-hydrogen) atoms. The number of carbonyl (C=O) groups excluding carboxylic acids is 2. The summed E-state index contributed by atoms with van der Waals surface area (Å²) in [5.74, 6) is 4.62. The maximum absolute atomic E-state index is 12.2. The molecular weight excluding hydrogens is 344 g/mol. The van der Waals surface area contributed by atoms with Gasteiger partial charge in [0.05, 0.1) is 6.10 Å². The standard InChI is InChI=1S/C20H20N2O4.CH4/c1-13-3-5-15(6-4-13)7-8-16-9-11-17(12-10-16)19(24)21-18(14(2)23)20(25)22-26;/h3-6,9-12,14,18,23,26H,1-2H3,(H,21,24)(H,22,25);1H4/t14-,18+;/m1./s1. The van der Waals surface area contributed by atoms with E-state index in [1.165, 1.54) is 12.4 Å². The lowest BCUT2D eigenvalue weighted by Crippen LogP contribution is -2.51. The van der Waals surface area contributed by atoms with Crippen LogP contribution in [0.4, 0.5) is 0 Å². The lowest BCUT2D eigenvalue weighted by molar-refractivity contribution is -0.133. The minimum Gasteiger partial charge on any atom is -0.391 e. The van der Waals surface area contributed by atoms with Gasteiger partial charge in [0.15, 0.2) is 0 Å². The largest absolute Gasteiger partial charge is 0.391 e. The molecule has 0 bridgehead atoms. The van der Waals surface area contributed by atoms with Gasteiger partial charge in [-0.05, 0) is 50.2 Å². The Morgan fingerprint density at radius 2 is 1.44 bits per heavy atom. The molecule has 0 aliphatic heterocycles. The topological polar surface area (TPSA) is 98.7 Å². The highest BCUT2D eigenvalue weighted by atomic mass is 16.5. The number of aliphatic hydroxyl groups excluding tert-OH is 1. The number of benzene rings is 2. The molecule has 0 aliphatic rings. The van der Waals surface area contributed by atoms with Gasteiger partial charge in [0, 0.05) is 16.7 Å². The van der Waals surface area contributed by atoms with Crippen molar-refractivity contribution in [2.75, 3.05) is 0 Å². The molecule has 6 nitrogen and oxygen atoms in total. The predicted octanol–water partition coefficient (Wildman–Crippen LogP) is 2.02. The highest BCUT2D eigenvalue weighted by Gasteiger charge is 2.25. The molecule has 0 unspecified atom stereocenters. The number of aryl methyl sites for hydroxylation is 1. The Morgan fingerprint density at radius 1 is 0.963 bits per heavy atom. The van der Waals surface area contributed by atoms with Crippen molar-refractivity contribution in [3.63, 3.8) is 0 Å². The highest BCUT2D eigenvalue weighted by molar-refractivity contribution is 5.97. The molecule has 0 spiro atoms. The summed E-state index contributed by atoms with van der Waals surface area (Å²) >= 11 is 0. The van der Waals surface area contributed by atoms with Crippen LogP contribution in [-0.4, -0.2) is 34.3 Å². The number of aliphatic hydroxyl groups is 1. The van der Waals surface area contributed by atoms with E-state index in [-0.39, 0.29) is 7.43 Å². The Morgan fingerprint density at radius 3 is 1.89 bits per heavy atom. The first-order valence-corrected chi connectivity index (χ1v) is 8.02. The Labute approximate surface area is 159 Å². The molecule has 2 aromatic carbocycles. The fourth-order valence-electron chi connectivity index (χ4n) is 2.19. The molecule has 142 valence electrons. The molecule has 0 saturated heterocycles. The number of nitrogens with one attached hydrogen (secondary N) is 2. The molecule has 6 heteroatoms. The second-order valence-electron chi connectivity index (χ2n) is 5.86. The Kier molecular flexibility index (Phi) is 8.21. The molecule has 2 amide bonds. The molecular formula is C21H24N2O4. The Bertz CT molecular complexity index is 831. The number of hydrogen-bond donors (Lipinski definition) is 4. The van der Waals surface area contributed by atoms with Crippen molar-refractivity contribution in [1.82, 2.24) is 10.8 Å². The highest BCUT2D eigenvalue weighted by Crippen LogP contribution is 2.06. The van der Waals surface area contributed by atoms with Gasteiger partial charge in [0.1, 0.15) is 6.04 Å². The number of hydrogen-bond acceptors (Lipinski definition) is 4. The molecule has 0 aliphatic carbocycles. The van der Waals surface area contributed by atoms with Crippen molar-refractivity contribution in [3.05, 3.63) is 70.8 Å². The van der Waals surface area contributed by atoms with Gasteiger partial charge in [0.2, 0.25) is 0 Å². The molecule has 0 heterocycles. The quantitative estimate of drug-likeness (QED) is 0.377. The van der Waals surface area contributed by atoms with Crippen LogP contribution < -0.4 is 10.8 Å². The zero-order valence-electron chi connectivity index (χ0n) is 14.5. The van der Waals surface area contributed by atoms with Gasteiger partial charge in [-0.3, -0.25) is 14.8 Å². The van der Waals surface area contributed by atoms with Crippen LogP contribution >= 0.6 is 0 Å². The van der Waals surface area contributed by atoms with E-state index in [2.05, 4.69) is 17.2 Å². The van der Waals surface area contributed by atoms with Gasteiger partial charge in [0.25, 0.3) is 11.8 Å². The fourth-order valence-corrected chi connectivity index (χ4v) is 2.19. The van der Waals surface area contributed by atoms with E-state index in [9.17, 15) is 14.7 Å². The van der Waals surface area contributed by atoms with Crippen LogP contribution in [0.1, 0.15) is 41.4 Å². The van der Waals surface area contributed by atoms with Crippen LogP contribution in [0.2, 0.25) is 0 Å². The van der Waals surface area contributed by atoms with E-state index >= 15 is 0 Å². The van der Waals surface area contributed by atoms with E-state index in [0.29, 0.717) is 5.56 Å². The number of amides is 2. The summed E-state index contributed by atoms with van der Waals surface area (Å²) in [5, 5.41) is 20.6. The summed E-state index contributed by atoms with van der Waals surface area (Å²) in [6, 6.07) is 13.1. The zero-order valence-corrected chi connectivity index (χ0v) is 14.5. The minimum absolute atomic E-state index is 0. The van der Waals surface area contributed by atoms with Crippen LogP contribution in [-0.2, 0) is 4.79 Å². The number of hydroxylamine groups is 1. The molecule has 2 rings (SSSR count). The third-order valence-corrected chi connectivity index (χ3v) is 3.71. The van der Waals surface area contributed by atoms with Crippen molar-refractivity contribution in [2.45, 2.75) is 33.4 Å². The maximum Gasteiger partial charge on any atom is 0.268 e. The first kappa shape index (κ1) is 21.9. The average molecular weight is 368 g/mol. The monoisotopic (exact) mass is 368 g/mol. The molecule has 0 saturated carbocycles. The first-order chi connectivity index (χ1) is 12.4. The van der Waals surface area contributed by atoms with E-state index in [1.54, 1.807) is 24.3 Å². The lowest BCUT2D eigenvalue weighted by atomic mass is 10.1. The Hall–Kier alpha value is -3.14. The zero-order chi connectivity index (χ0) is 19.1. The van der Waals surface area contributed by atoms with Gasteiger partial charge < -0.3 is 10.4 Å². The van der Waals surface area contributed by atoms with Crippen molar-refractivity contribution in [3.8, 4) is 11.8 Å². The van der Waals surface area contributed by atoms with E-state index < -0.39 is 24.0 Å². The maximum atomic E-state index is 12.2. The van der Waals surface area contributed by atoms with Crippen LogP contribution in [0, 0.1) is 18.8 Å². The van der Waals surface area contributed by atoms with Gasteiger partial charge in [-0.1, -0.05) is 37.0 Å². The second-order valence-corrected chi connectivity index (χ2v) is 5.86. The minimum atomic E-state index is -1.26. The van der Waals surface area contributed by atoms with Crippen molar-refractivity contribution >= 4 is 11.8 Å². The second kappa shape index (κ2) is 10.1. The fraction of sp³-hybridized carbons (Fsp3) is 0.238. The van der Waals surface area contributed by atoms with Crippen molar-refractivity contribution in [2.24, 2.45) is 0 Å². The summed E-state index contributed by atoms with van der Waals surface area (Å²) in [4.78, 5) is 23.6. The van der Waals surface area contributed by atoms with Gasteiger partial charge in [-0.15, -0.1) is 0 Å². The summed E-state index contributed by atoms with van der Waals surface area (Å²) in [7, 11) is 0. The van der Waals surface area contributed by atoms with Crippen molar-refractivity contribution in [1.29, 1.82) is 0 Å². The summed E-state index contributed by atoms with van der Waals surface area (Å²) in [6.07, 6.45) is -1.16. The smallest absolute Gasteiger partial charge is 0.268 e. The first-order valence-electron chi connectivity index (χ1n) is 8.02. The average Bonchev–Trinajstić information content (AvgIpc) is 2.65. The summed E-state index contributed by atoms with van der Waals surface area (Å²) in [6.45, 7) is 3.34. The van der Waals surface area contributed by atoms with E-state index in [4.69, 9.17) is 5.21 Å². The van der Waals surface area contributed by atoms with Crippen molar-refractivity contribution < 1.29 is 19.9 Å². The Balaban J connectivity index is 0.00000364. The van der Waals surface area contributed by atoms with Gasteiger partial charge in [-0.25, -0.2) is 5.48 Å². The lowest BCUT2D eigenvalue weighted by Gasteiger charge is -2.19. The SMILES string of the molecule is C.Cc1ccc(C#Cc2ccc(C(=O)N[C@H](C(=O)NO)[C@@H](C)O)cc2)cc1. The number of rotatable bonds is 4. The molecule has 4 N–H and O–H groups in total. The molecule has 0 radical (unpaired) electrons. The van der Waals surface area contributed by atoms with E-state index in [1.807, 2.05) is 31.2 Å². The predicted molar refractivity (Wildman–Crippen MR) is 103 cm³/mol.